The number of amides is 1. The molecule has 0 aliphatic carbocycles. The summed E-state index contributed by atoms with van der Waals surface area (Å²) >= 11 is 3.86. The first-order valence-corrected chi connectivity index (χ1v) is 6.69. The number of rotatable bonds is 5. The third-order valence-corrected chi connectivity index (χ3v) is 2.88. The van der Waals surface area contributed by atoms with Crippen LogP contribution in [-0.4, -0.2) is 11.7 Å². The Labute approximate surface area is 122 Å². The molecule has 0 fully saturated rings. The van der Waals surface area contributed by atoms with Crippen LogP contribution in [0.1, 0.15) is 5.56 Å². The van der Waals surface area contributed by atoms with E-state index in [0.29, 0.717) is 5.69 Å². The fraction of sp³-hybridized carbons (Fsp3) is 0.133. The van der Waals surface area contributed by atoms with Gasteiger partial charge in [-0.05, 0) is 17.7 Å². The lowest BCUT2D eigenvalue weighted by Gasteiger charge is -2.10. The van der Waals surface area contributed by atoms with Crippen LogP contribution in [-0.2, 0) is 11.4 Å². The van der Waals surface area contributed by atoms with Crippen molar-refractivity contribution in [1.82, 2.24) is 0 Å². The molecule has 0 bridgehead atoms. The summed E-state index contributed by atoms with van der Waals surface area (Å²) in [4.78, 5) is 11.2. The van der Waals surface area contributed by atoms with Gasteiger partial charge in [0.1, 0.15) is 6.61 Å². The van der Waals surface area contributed by atoms with Crippen molar-refractivity contribution in [3.05, 3.63) is 59.9 Å². The van der Waals surface area contributed by atoms with Gasteiger partial charge in [0.2, 0.25) is 5.91 Å². The average Bonchev–Trinajstić information content (AvgIpc) is 2.48. The van der Waals surface area contributed by atoms with Crippen LogP contribution < -0.4 is 10.1 Å². The normalized spacial score (nSPS) is 10.1. The minimum atomic E-state index is -0.468. The Morgan fingerprint density at radius 1 is 1.20 bits per heavy atom. The van der Waals surface area contributed by atoms with Gasteiger partial charge in [-0.25, -0.2) is 4.39 Å². The topological polar surface area (TPSA) is 38.3 Å². The van der Waals surface area contributed by atoms with Gasteiger partial charge in [-0.15, -0.1) is 0 Å². The molecule has 5 heteroatoms. The monoisotopic (exact) mass is 291 g/mol. The fourth-order valence-electron chi connectivity index (χ4n) is 1.63. The van der Waals surface area contributed by atoms with Crippen LogP contribution in [0, 0.1) is 5.82 Å². The highest BCUT2D eigenvalue weighted by molar-refractivity contribution is 7.81. The SMILES string of the molecule is O=C(CS)Nc1ccc(F)c(OCc2ccccc2)c1. The van der Waals surface area contributed by atoms with Crippen LogP contribution in [0.4, 0.5) is 10.1 Å². The Bertz CT molecular complexity index is 590. The van der Waals surface area contributed by atoms with Gasteiger partial charge in [0, 0.05) is 11.8 Å². The van der Waals surface area contributed by atoms with Gasteiger partial charge >= 0.3 is 0 Å². The second-order valence-corrected chi connectivity index (χ2v) is 4.44. The molecule has 2 rings (SSSR count). The first kappa shape index (κ1) is 14.4. The number of halogens is 1. The lowest BCUT2D eigenvalue weighted by atomic mass is 10.2. The van der Waals surface area contributed by atoms with Gasteiger partial charge in [-0.1, -0.05) is 30.3 Å². The molecule has 1 amide bonds. The largest absolute Gasteiger partial charge is 0.486 e. The molecule has 0 spiro atoms. The van der Waals surface area contributed by atoms with Gasteiger partial charge in [0.05, 0.1) is 5.75 Å². The summed E-state index contributed by atoms with van der Waals surface area (Å²) in [5, 5.41) is 2.60. The van der Waals surface area contributed by atoms with E-state index >= 15 is 0 Å². The molecule has 0 saturated carbocycles. The number of benzene rings is 2. The van der Waals surface area contributed by atoms with Crippen LogP contribution in [0.3, 0.4) is 0 Å². The number of ether oxygens (including phenoxy) is 1. The van der Waals surface area contributed by atoms with Crippen molar-refractivity contribution in [3.63, 3.8) is 0 Å². The summed E-state index contributed by atoms with van der Waals surface area (Å²) in [5.41, 5.74) is 1.42. The van der Waals surface area contributed by atoms with Crippen molar-refractivity contribution >= 4 is 24.2 Å². The Morgan fingerprint density at radius 3 is 2.65 bits per heavy atom. The molecular formula is C15H14FNO2S. The van der Waals surface area contributed by atoms with E-state index in [4.69, 9.17) is 4.74 Å². The minimum Gasteiger partial charge on any atom is -0.486 e. The first-order chi connectivity index (χ1) is 9.69. The van der Waals surface area contributed by atoms with Gasteiger partial charge in [-0.3, -0.25) is 4.79 Å². The molecule has 0 unspecified atom stereocenters. The van der Waals surface area contributed by atoms with Crippen LogP contribution >= 0.6 is 12.6 Å². The van der Waals surface area contributed by atoms with Crippen molar-refractivity contribution < 1.29 is 13.9 Å². The smallest absolute Gasteiger partial charge is 0.234 e. The lowest BCUT2D eigenvalue weighted by molar-refractivity contribution is -0.113. The molecule has 2 aromatic carbocycles. The highest BCUT2D eigenvalue weighted by Gasteiger charge is 2.07. The number of nitrogens with one attached hydrogen (secondary N) is 1. The Kier molecular flexibility index (Phi) is 5.01. The number of thiol groups is 1. The molecular weight excluding hydrogens is 277 g/mol. The molecule has 0 heterocycles. The Morgan fingerprint density at radius 2 is 1.95 bits per heavy atom. The Hall–Kier alpha value is -2.01. The molecule has 1 N–H and O–H groups in total. The summed E-state index contributed by atoms with van der Waals surface area (Å²) in [6.45, 7) is 0.266. The van der Waals surface area contributed by atoms with Crippen molar-refractivity contribution in [3.8, 4) is 5.75 Å². The average molecular weight is 291 g/mol. The summed E-state index contributed by atoms with van der Waals surface area (Å²) < 4.78 is 19.1. The third-order valence-electron chi connectivity index (χ3n) is 2.60. The van der Waals surface area contributed by atoms with E-state index in [1.54, 1.807) is 0 Å². The molecule has 20 heavy (non-hydrogen) atoms. The maximum atomic E-state index is 13.6. The van der Waals surface area contributed by atoms with Crippen molar-refractivity contribution in [2.75, 3.05) is 11.1 Å². The summed E-state index contributed by atoms with van der Waals surface area (Å²) in [5.74, 6) is -0.554. The molecule has 104 valence electrons. The zero-order valence-corrected chi connectivity index (χ0v) is 11.6. The van der Waals surface area contributed by atoms with E-state index in [-0.39, 0.29) is 24.0 Å². The predicted molar refractivity (Wildman–Crippen MR) is 79.7 cm³/mol. The van der Waals surface area contributed by atoms with Gasteiger partial charge < -0.3 is 10.1 Å². The second-order valence-electron chi connectivity index (χ2n) is 4.13. The zero-order chi connectivity index (χ0) is 14.4. The highest BCUT2D eigenvalue weighted by Crippen LogP contribution is 2.23. The standard InChI is InChI=1S/C15H14FNO2S/c16-13-7-6-12(17-15(18)10-20)8-14(13)19-9-11-4-2-1-3-5-11/h1-8,20H,9-10H2,(H,17,18). The molecule has 0 aromatic heterocycles. The van der Waals surface area contributed by atoms with E-state index in [9.17, 15) is 9.18 Å². The quantitative estimate of drug-likeness (QED) is 0.830. The molecule has 0 atom stereocenters. The maximum absolute atomic E-state index is 13.6. The van der Waals surface area contributed by atoms with E-state index in [1.807, 2.05) is 30.3 Å². The van der Waals surface area contributed by atoms with Gasteiger partial charge in [-0.2, -0.15) is 12.6 Å². The van der Waals surface area contributed by atoms with Crippen LogP contribution in [0.25, 0.3) is 0 Å². The molecule has 2 aromatic rings. The molecule has 0 aliphatic rings. The first-order valence-electron chi connectivity index (χ1n) is 6.06. The van der Waals surface area contributed by atoms with Crippen molar-refractivity contribution in [2.24, 2.45) is 0 Å². The predicted octanol–water partition coefficient (Wildman–Crippen LogP) is 3.27. The summed E-state index contributed by atoms with van der Waals surface area (Å²) in [7, 11) is 0. The third kappa shape index (κ3) is 3.99. The number of carbonyl (C=O) groups is 1. The zero-order valence-electron chi connectivity index (χ0n) is 10.7. The molecule has 0 saturated heterocycles. The van der Waals surface area contributed by atoms with Crippen molar-refractivity contribution in [2.45, 2.75) is 6.61 Å². The summed E-state index contributed by atoms with van der Waals surface area (Å²) in [6.07, 6.45) is 0. The number of anilines is 1. The molecule has 0 aliphatic heterocycles. The molecule has 0 radical (unpaired) electrons. The second kappa shape index (κ2) is 6.96. The van der Waals surface area contributed by atoms with Gasteiger partial charge in [0.25, 0.3) is 0 Å². The van der Waals surface area contributed by atoms with Crippen molar-refractivity contribution in [1.29, 1.82) is 0 Å². The van der Waals surface area contributed by atoms with Crippen LogP contribution in [0.2, 0.25) is 0 Å². The van der Waals surface area contributed by atoms with Crippen LogP contribution in [0.5, 0.6) is 5.75 Å². The molecule has 3 nitrogen and oxygen atoms in total. The van der Waals surface area contributed by atoms with E-state index in [1.165, 1.54) is 18.2 Å². The van der Waals surface area contributed by atoms with Crippen LogP contribution in [0.15, 0.2) is 48.5 Å². The van der Waals surface area contributed by atoms with E-state index in [0.717, 1.165) is 5.56 Å². The lowest BCUT2D eigenvalue weighted by Crippen LogP contribution is -2.12. The maximum Gasteiger partial charge on any atom is 0.234 e. The number of hydrogen-bond donors (Lipinski definition) is 2. The fourth-order valence-corrected chi connectivity index (χ4v) is 1.71. The number of carbonyl (C=O) groups excluding carboxylic acids is 1. The highest BCUT2D eigenvalue weighted by atomic mass is 32.1. The van der Waals surface area contributed by atoms with E-state index < -0.39 is 5.82 Å². The summed E-state index contributed by atoms with van der Waals surface area (Å²) in [6, 6.07) is 13.7. The van der Waals surface area contributed by atoms with E-state index in [2.05, 4.69) is 17.9 Å². The Balaban J connectivity index is 2.06. The number of hydrogen-bond acceptors (Lipinski definition) is 3. The minimum absolute atomic E-state index is 0.0670. The van der Waals surface area contributed by atoms with Gasteiger partial charge in [0.15, 0.2) is 11.6 Å².